The molecule has 0 fully saturated rings. The molecule has 0 unspecified atom stereocenters. The molecule has 8 rings (SSSR count). The van der Waals surface area contributed by atoms with Crippen LogP contribution in [0.15, 0.2) is 146 Å². The summed E-state index contributed by atoms with van der Waals surface area (Å²) in [6, 6.07) is 56.0. The SMILES string of the molecule is CC(C)(C)c1ccc(N(c2cc(-c3cccc4c3[nH]c3ccccc34)cc(N(c3ccc(C(C)(C)C)cc3)c3cc(C(C)(C)C)cc(C(C)(C)C)c3)c2)c2cc(C(C)(C)C)cc(C(C)(C)C)c2)cc1. The van der Waals surface area contributed by atoms with Gasteiger partial charge >= 0.3 is 0 Å². The average Bonchev–Trinajstić information content (AvgIpc) is 3.64. The number of nitrogens with zero attached hydrogens (tertiary/aromatic N) is 2. The molecule has 0 atom stereocenters. The number of aromatic nitrogens is 1. The van der Waals surface area contributed by atoms with Gasteiger partial charge < -0.3 is 14.8 Å². The molecule has 0 radical (unpaired) electrons. The molecule has 0 spiro atoms. The van der Waals surface area contributed by atoms with E-state index in [0.29, 0.717) is 0 Å². The monoisotopic (exact) mass is 914 g/mol. The van der Waals surface area contributed by atoms with Crippen molar-refractivity contribution in [3.05, 3.63) is 179 Å². The summed E-state index contributed by atoms with van der Waals surface area (Å²) in [5.41, 5.74) is 18.9. The number of H-pyrrole nitrogens is 1. The minimum absolute atomic E-state index is 0.0107. The van der Waals surface area contributed by atoms with Gasteiger partial charge in [-0.05, 0) is 144 Å². The molecule has 0 amide bonds. The van der Waals surface area contributed by atoms with E-state index >= 15 is 0 Å². The highest BCUT2D eigenvalue weighted by molar-refractivity contribution is 6.12. The molecular formula is C66H79N3. The number of aromatic amines is 1. The molecule has 0 aliphatic carbocycles. The summed E-state index contributed by atoms with van der Waals surface area (Å²) in [5, 5.41) is 2.45. The molecule has 8 aromatic rings. The van der Waals surface area contributed by atoms with Gasteiger partial charge in [0, 0.05) is 56.0 Å². The first-order chi connectivity index (χ1) is 32.0. The molecule has 0 bridgehead atoms. The largest absolute Gasteiger partial charge is 0.354 e. The quantitative estimate of drug-likeness (QED) is 0.172. The first-order valence-electron chi connectivity index (χ1n) is 25.3. The molecular weight excluding hydrogens is 835 g/mol. The maximum absolute atomic E-state index is 3.88. The van der Waals surface area contributed by atoms with Crippen molar-refractivity contribution in [2.75, 3.05) is 9.80 Å². The number of fused-ring (bicyclic) bond motifs is 3. The standard InChI is InChI=1S/C66H79N3/c1-61(2,3)44-26-30-50(31-27-44)68(54-38-46(63(7,8)9)36-47(39-54)64(10,11)12)52-34-43(56-23-21-24-58-57-22-19-20-25-59(57)67-60(56)58)35-53(42-52)69(51-32-28-45(29-33-51)62(4,5)6)55-40-48(65(13,14)15)37-49(41-55)66(16,17)18/h19-42,67H,1-18H3. The highest BCUT2D eigenvalue weighted by Gasteiger charge is 2.28. The Hall–Kier alpha value is -6.06. The molecule has 0 aliphatic heterocycles. The Morgan fingerprint density at radius 2 is 0.638 bits per heavy atom. The van der Waals surface area contributed by atoms with E-state index in [1.807, 2.05) is 0 Å². The summed E-state index contributed by atoms with van der Waals surface area (Å²) in [7, 11) is 0. The maximum atomic E-state index is 3.88. The predicted octanol–water partition coefficient (Wildman–Crippen LogP) is 19.7. The summed E-state index contributed by atoms with van der Waals surface area (Å²) in [4.78, 5) is 8.91. The van der Waals surface area contributed by atoms with E-state index in [-0.39, 0.29) is 32.5 Å². The van der Waals surface area contributed by atoms with Gasteiger partial charge in [-0.1, -0.05) is 197 Å². The van der Waals surface area contributed by atoms with Crippen LogP contribution in [0.1, 0.15) is 158 Å². The lowest BCUT2D eigenvalue weighted by atomic mass is 9.80. The Morgan fingerprint density at radius 1 is 0.290 bits per heavy atom. The number of benzene rings is 7. The van der Waals surface area contributed by atoms with Crippen LogP contribution in [-0.2, 0) is 32.5 Å². The number of anilines is 6. The number of para-hydroxylation sites is 2. The van der Waals surface area contributed by atoms with E-state index in [2.05, 4.69) is 285 Å². The van der Waals surface area contributed by atoms with Crippen LogP contribution in [-0.4, -0.2) is 4.98 Å². The van der Waals surface area contributed by atoms with Crippen LogP contribution in [0.2, 0.25) is 0 Å². The molecule has 358 valence electrons. The first-order valence-corrected chi connectivity index (χ1v) is 25.3. The van der Waals surface area contributed by atoms with Crippen molar-refractivity contribution in [2.24, 2.45) is 0 Å². The van der Waals surface area contributed by atoms with Crippen molar-refractivity contribution >= 4 is 55.9 Å². The van der Waals surface area contributed by atoms with Gasteiger partial charge in [0.05, 0.1) is 5.52 Å². The average molecular weight is 914 g/mol. The van der Waals surface area contributed by atoms with Gasteiger partial charge in [-0.25, -0.2) is 0 Å². The number of hydrogen-bond acceptors (Lipinski definition) is 2. The molecule has 69 heavy (non-hydrogen) atoms. The number of hydrogen-bond donors (Lipinski definition) is 1. The van der Waals surface area contributed by atoms with Crippen LogP contribution in [0.25, 0.3) is 32.9 Å². The summed E-state index contributed by atoms with van der Waals surface area (Å²) >= 11 is 0. The zero-order valence-electron chi connectivity index (χ0n) is 45.3. The highest BCUT2D eigenvalue weighted by Crippen LogP contribution is 2.48. The molecule has 3 nitrogen and oxygen atoms in total. The van der Waals surface area contributed by atoms with Crippen molar-refractivity contribution in [1.82, 2.24) is 4.98 Å². The van der Waals surface area contributed by atoms with E-state index in [1.54, 1.807) is 0 Å². The van der Waals surface area contributed by atoms with Gasteiger partial charge in [0.15, 0.2) is 0 Å². The second-order valence-electron chi connectivity index (χ2n) is 25.9. The molecule has 1 aromatic heterocycles. The normalized spacial score (nSPS) is 13.1. The van der Waals surface area contributed by atoms with Crippen LogP contribution in [0.5, 0.6) is 0 Å². The molecule has 1 heterocycles. The fraction of sp³-hybridized carbons (Fsp3) is 0.364. The van der Waals surface area contributed by atoms with Crippen molar-refractivity contribution in [2.45, 2.75) is 157 Å². The third kappa shape index (κ3) is 10.3. The molecule has 0 saturated carbocycles. The Kier molecular flexibility index (Phi) is 12.5. The van der Waals surface area contributed by atoms with Gasteiger partial charge in [-0.2, -0.15) is 0 Å². The Labute approximate surface area is 416 Å². The molecule has 0 aliphatic rings. The van der Waals surface area contributed by atoms with Gasteiger partial charge in [-0.3, -0.25) is 0 Å². The summed E-state index contributed by atoms with van der Waals surface area (Å²) in [6.45, 7) is 41.8. The van der Waals surface area contributed by atoms with E-state index in [4.69, 9.17) is 0 Å². The third-order valence-corrected chi connectivity index (χ3v) is 14.1. The predicted molar refractivity (Wildman–Crippen MR) is 303 cm³/mol. The Bertz CT molecular complexity index is 2910. The summed E-state index contributed by atoms with van der Waals surface area (Å²) in [5.74, 6) is 0. The van der Waals surface area contributed by atoms with E-state index in [9.17, 15) is 0 Å². The van der Waals surface area contributed by atoms with Crippen LogP contribution >= 0.6 is 0 Å². The minimum atomic E-state index is -0.0745. The first kappa shape index (κ1) is 49.4. The van der Waals surface area contributed by atoms with Crippen LogP contribution < -0.4 is 9.80 Å². The zero-order valence-corrected chi connectivity index (χ0v) is 45.3. The van der Waals surface area contributed by atoms with Gasteiger partial charge in [0.1, 0.15) is 0 Å². The van der Waals surface area contributed by atoms with Crippen LogP contribution in [0.4, 0.5) is 34.1 Å². The van der Waals surface area contributed by atoms with Gasteiger partial charge in [-0.15, -0.1) is 0 Å². The lowest BCUT2D eigenvalue weighted by Gasteiger charge is -2.34. The number of nitrogens with one attached hydrogen (secondary N) is 1. The van der Waals surface area contributed by atoms with Crippen molar-refractivity contribution in [3.63, 3.8) is 0 Å². The zero-order chi connectivity index (χ0) is 50.2. The third-order valence-electron chi connectivity index (χ3n) is 14.1. The van der Waals surface area contributed by atoms with E-state index in [0.717, 1.165) is 56.3 Å². The van der Waals surface area contributed by atoms with Crippen LogP contribution in [0, 0.1) is 0 Å². The molecule has 7 aromatic carbocycles. The van der Waals surface area contributed by atoms with Crippen molar-refractivity contribution in [3.8, 4) is 11.1 Å². The van der Waals surface area contributed by atoms with E-state index < -0.39 is 0 Å². The van der Waals surface area contributed by atoms with Gasteiger partial charge in [0.2, 0.25) is 0 Å². The number of rotatable bonds is 7. The van der Waals surface area contributed by atoms with Crippen molar-refractivity contribution < 1.29 is 0 Å². The van der Waals surface area contributed by atoms with Crippen LogP contribution in [0.3, 0.4) is 0 Å². The highest BCUT2D eigenvalue weighted by atomic mass is 15.2. The molecule has 3 heteroatoms. The smallest absolute Gasteiger partial charge is 0.0544 e. The second kappa shape index (κ2) is 17.4. The molecule has 0 saturated heterocycles. The topological polar surface area (TPSA) is 22.3 Å². The lowest BCUT2D eigenvalue weighted by Crippen LogP contribution is -2.20. The molecule has 1 N–H and O–H groups in total. The van der Waals surface area contributed by atoms with Crippen molar-refractivity contribution in [1.29, 1.82) is 0 Å². The Morgan fingerprint density at radius 3 is 1.01 bits per heavy atom. The Balaban J connectivity index is 1.52. The summed E-state index contributed by atoms with van der Waals surface area (Å²) < 4.78 is 0. The fourth-order valence-corrected chi connectivity index (χ4v) is 9.45. The summed E-state index contributed by atoms with van der Waals surface area (Å²) in [6.07, 6.45) is 0. The maximum Gasteiger partial charge on any atom is 0.0544 e. The fourth-order valence-electron chi connectivity index (χ4n) is 9.45. The minimum Gasteiger partial charge on any atom is -0.354 e. The second-order valence-corrected chi connectivity index (χ2v) is 25.9. The van der Waals surface area contributed by atoms with Gasteiger partial charge in [0.25, 0.3) is 0 Å². The van der Waals surface area contributed by atoms with E-state index in [1.165, 1.54) is 44.2 Å². The lowest BCUT2D eigenvalue weighted by molar-refractivity contribution is 0.568.